The predicted octanol–water partition coefficient (Wildman–Crippen LogP) is 1.94. The molecule has 2 N–H and O–H groups in total. The number of nitrogens with one attached hydrogen (secondary N) is 1. The fourth-order valence-corrected chi connectivity index (χ4v) is 2.92. The van der Waals surface area contributed by atoms with Gasteiger partial charge in [-0.1, -0.05) is 30.3 Å². The molecule has 0 saturated carbocycles. The lowest BCUT2D eigenvalue weighted by Crippen LogP contribution is -2.49. The first kappa shape index (κ1) is 21.2. The SMILES string of the molecule is F[B-](F)(F)F.OCCN1CCN(C2=NCCNC(c3ccccc3)=C2)CC1. The molecule has 0 bridgehead atoms. The Hall–Kier alpha value is -2.07. The number of amidine groups is 1. The number of hydrogen-bond acceptors (Lipinski definition) is 5. The molecular formula is C17H24BF4N4O-. The van der Waals surface area contributed by atoms with Crippen molar-refractivity contribution < 1.29 is 22.4 Å². The molecule has 1 saturated heterocycles. The average Bonchev–Trinajstić information content (AvgIpc) is 2.88. The molecule has 0 amide bonds. The fourth-order valence-electron chi connectivity index (χ4n) is 2.92. The van der Waals surface area contributed by atoms with Crippen molar-refractivity contribution in [2.75, 3.05) is 52.4 Å². The van der Waals surface area contributed by atoms with Gasteiger partial charge < -0.3 is 32.6 Å². The number of rotatable bonds is 3. The molecule has 1 aromatic rings. The summed E-state index contributed by atoms with van der Waals surface area (Å²) in [7, 11) is -6.00. The van der Waals surface area contributed by atoms with E-state index in [2.05, 4.69) is 45.5 Å². The minimum atomic E-state index is -6.00. The number of aliphatic hydroxyl groups is 1. The Balaban J connectivity index is 0.000000465. The van der Waals surface area contributed by atoms with E-state index in [9.17, 15) is 17.3 Å². The summed E-state index contributed by atoms with van der Waals surface area (Å²) in [5.74, 6) is 1.08. The van der Waals surface area contributed by atoms with Gasteiger partial charge in [0, 0.05) is 51.0 Å². The molecule has 0 atom stereocenters. The maximum Gasteiger partial charge on any atom is 0.673 e. The van der Waals surface area contributed by atoms with Crippen LogP contribution in [0.15, 0.2) is 41.4 Å². The van der Waals surface area contributed by atoms with E-state index in [0.717, 1.165) is 57.3 Å². The Morgan fingerprint density at radius 3 is 2.26 bits per heavy atom. The summed E-state index contributed by atoms with van der Waals surface area (Å²) in [5, 5.41) is 12.5. The number of hydrogen-bond donors (Lipinski definition) is 2. The van der Waals surface area contributed by atoms with Crippen molar-refractivity contribution in [1.82, 2.24) is 15.1 Å². The van der Waals surface area contributed by atoms with Crippen molar-refractivity contribution in [2.24, 2.45) is 4.99 Å². The van der Waals surface area contributed by atoms with Crippen LogP contribution < -0.4 is 5.32 Å². The van der Waals surface area contributed by atoms with Gasteiger partial charge in [-0.25, -0.2) is 0 Å². The summed E-state index contributed by atoms with van der Waals surface area (Å²) < 4.78 is 39.0. The first-order chi connectivity index (χ1) is 12.9. The third-order valence-electron chi connectivity index (χ3n) is 4.17. The molecular weight excluding hydrogens is 363 g/mol. The Labute approximate surface area is 156 Å². The van der Waals surface area contributed by atoms with Crippen molar-refractivity contribution in [2.45, 2.75) is 0 Å². The predicted molar refractivity (Wildman–Crippen MR) is 100 cm³/mol. The van der Waals surface area contributed by atoms with Gasteiger partial charge in [0.05, 0.1) is 13.2 Å². The standard InChI is InChI=1S/C17H24N4O.BF4/c22-13-12-20-8-10-21(11-9-20)17-14-16(18-6-7-19-17)15-4-2-1-3-5-15;2-1(3,4)5/h1-5,14,18,22H,6-13H2;/q;-1. The Bertz CT molecular complexity index is 626. The molecule has 0 unspecified atom stereocenters. The molecule has 0 spiro atoms. The third kappa shape index (κ3) is 8.00. The summed E-state index contributed by atoms with van der Waals surface area (Å²) in [5.41, 5.74) is 2.35. The molecule has 3 rings (SSSR count). The van der Waals surface area contributed by atoms with Crippen LogP contribution in [-0.4, -0.2) is 80.4 Å². The molecule has 150 valence electrons. The van der Waals surface area contributed by atoms with Crippen LogP contribution in [0, 0.1) is 0 Å². The first-order valence-electron chi connectivity index (χ1n) is 8.88. The van der Waals surface area contributed by atoms with Crippen LogP contribution in [0.1, 0.15) is 5.56 Å². The van der Waals surface area contributed by atoms with Crippen LogP contribution in [0.5, 0.6) is 0 Å². The lowest BCUT2D eigenvalue weighted by atomic mass is 10.1. The number of benzene rings is 1. The van der Waals surface area contributed by atoms with Gasteiger partial charge in [0.2, 0.25) is 0 Å². The monoisotopic (exact) mass is 387 g/mol. The Morgan fingerprint density at radius 1 is 1.04 bits per heavy atom. The molecule has 2 heterocycles. The van der Waals surface area contributed by atoms with E-state index in [-0.39, 0.29) is 6.61 Å². The van der Waals surface area contributed by atoms with Gasteiger partial charge in [0.1, 0.15) is 5.84 Å². The zero-order valence-corrected chi connectivity index (χ0v) is 15.0. The summed E-state index contributed by atoms with van der Waals surface area (Å²) in [6, 6.07) is 10.4. The van der Waals surface area contributed by atoms with Gasteiger partial charge in [-0.3, -0.25) is 9.89 Å². The van der Waals surface area contributed by atoms with Gasteiger partial charge in [-0.15, -0.1) is 0 Å². The number of nitrogens with zero attached hydrogens (tertiary/aromatic N) is 3. The van der Waals surface area contributed by atoms with E-state index in [1.165, 1.54) is 5.56 Å². The highest BCUT2D eigenvalue weighted by molar-refractivity contribution is 6.50. The highest BCUT2D eigenvalue weighted by Crippen LogP contribution is 2.14. The zero-order valence-electron chi connectivity index (χ0n) is 15.0. The van der Waals surface area contributed by atoms with E-state index in [0.29, 0.717) is 0 Å². The Kier molecular flexibility index (Phi) is 8.11. The van der Waals surface area contributed by atoms with E-state index in [1.54, 1.807) is 0 Å². The van der Waals surface area contributed by atoms with E-state index in [4.69, 9.17) is 10.1 Å². The number of piperazine rings is 1. The minimum absolute atomic E-state index is 0.239. The summed E-state index contributed by atoms with van der Waals surface area (Å²) in [4.78, 5) is 9.38. The van der Waals surface area contributed by atoms with Crippen LogP contribution in [-0.2, 0) is 0 Å². The summed E-state index contributed by atoms with van der Waals surface area (Å²) in [6.45, 7) is 6.60. The van der Waals surface area contributed by atoms with Crippen molar-refractivity contribution in [3.63, 3.8) is 0 Å². The van der Waals surface area contributed by atoms with Gasteiger partial charge >= 0.3 is 7.25 Å². The lowest BCUT2D eigenvalue weighted by molar-refractivity contribution is 0.147. The van der Waals surface area contributed by atoms with Crippen molar-refractivity contribution in [3.8, 4) is 0 Å². The second-order valence-electron chi connectivity index (χ2n) is 6.14. The lowest BCUT2D eigenvalue weighted by Gasteiger charge is -2.35. The molecule has 0 radical (unpaired) electrons. The van der Waals surface area contributed by atoms with Crippen molar-refractivity contribution in [1.29, 1.82) is 0 Å². The maximum atomic E-state index is 9.75. The molecule has 27 heavy (non-hydrogen) atoms. The van der Waals surface area contributed by atoms with Crippen LogP contribution in [0.2, 0.25) is 0 Å². The molecule has 0 aliphatic carbocycles. The average molecular weight is 387 g/mol. The van der Waals surface area contributed by atoms with Crippen molar-refractivity contribution in [3.05, 3.63) is 42.0 Å². The van der Waals surface area contributed by atoms with E-state index >= 15 is 0 Å². The van der Waals surface area contributed by atoms with E-state index < -0.39 is 7.25 Å². The summed E-state index contributed by atoms with van der Waals surface area (Å²) in [6.07, 6.45) is 2.17. The molecule has 0 aromatic heterocycles. The Morgan fingerprint density at radius 2 is 1.67 bits per heavy atom. The fraction of sp³-hybridized carbons (Fsp3) is 0.471. The molecule has 10 heteroatoms. The minimum Gasteiger partial charge on any atom is -0.418 e. The molecule has 1 fully saturated rings. The summed E-state index contributed by atoms with van der Waals surface area (Å²) >= 11 is 0. The third-order valence-corrected chi connectivity index (χ3v) is 4.17. The van der Waals surface area contributed by atoms with Crippen LogP contribution in [0.25, 0.3) is 5.70 Å². The second kappa shape index (κ2) is 10.3. The van der Waals surface area contributed by atoms with Gasteiger partial charge in [-0.2, -0.15) is 0 Å². The van der Waals surface area contributed by atoms with Gasteiger partial charge in [0.25, 0.3) is 0 Å². The zero-order chi connectivity index (χ0) is 19.7. The highest BCUT2D eigenvalue weighted by atomic mass is 19.5. The normalized spacial score (nSPS) is 18.5. The smallest absolute Gasteiger partial charge is 0.418 e. The molecule has 1 aromatic carbocycles. The van der Waals surface area contributed by atoms with Crippen LogP contribution in [0.4, 0.5) is 17.3 Å². The maximum absolute atomic E-state index is 9.75. The van der Waals surface area contributed by atoms with E-state index in [1.807, 2.05) is 6.07 Å². The first-order valence-corrected chi connectivity index (χ1v) is 8.88. The van der Waals surface area contributed by atoms with Gasteiger partial charge in [0.15, 0.2) is 0 Å². The molecule has 2 aliphatic heterocycles. The number of aliphatic imine (C=N–C) groups is 1. The van der Waals surface area contributed by atoms with Gasteiger partial charge in [-0.05, 0) is 5.56 Å². The molecule has 5 nitrogen and oxygen atoms in total. The quantitative estimate of drug-likeness (QED) is 0.615. The second-order valence-corrected chi connectivity index (χ2v) is 6.14. The van der Waals surface area contributed by atoms with Crippen molar-refractivity contribution >= 4 is 18.8 Å². The topological polar surface area (TPSA) is 51.1 Å². The number of aliphatic hydroxyl groups excluding tert-OH is 1. The highest BCUT2D eigenvalue weighted by Gasteiger charge is 2.21. The molecule has 2 aliphatic rings. The number of halogens is 4. The number of β-amino-alcohol motifs (C(OH)–C–C–N with tert-alkyl or cyclic N) is 1. The van der Waals surface area contributed by atoms with Crippen LogP contribution >= 0.6 is 0 Å². The van der Waals surface area contributed by atoms with Crippen LogP contribution in [0.3, 0.4) is 0 Å². The largest absolute Gasteiger partial charge is 0.673 e.